The number of hydrogen-bond donors (Lipinski definition) is 7. The number of ether oxygens (including phenoxy) is 1. The van der Waals surface area contributed by atoms with Crippen LogP contribution >= 0.6 is 0 Å². The van der Waals surface area contributed by atoms with Crippen LogP contribution in [0.3, 0.4) is 0 Å². The first-order valence-electron chi connectivity index (χ1n) is 12.2. The summed E-state index contributed by atoms with van der Waals surface area (Å²) in [4.78, 5) is 37.7. The topological polar surface area (TPSA) is 250 Å². The number of benzene rings is 1. The molecule has 17 heteroatoms. The van der Waals surface area contributed by atoms with Gasteiger partial charge in [0.15, 0.2) is 17.3 Å². The summed E-state index contributed by atoms with van der Waals surface area (Å²) in [6, 6.07) is 8.09. The van der Waals surface area contributed by atoms with Crippen LogP contribution < -0.4 is 26.0 Å². The molecule has 1 aliphatic carbocycles. The molecule has 17 nitrogen and oxygen atoms in total. The molecule has 4 rings (SSSR count). The van der Waals surface area contributed by atoms with E-state index in [9.17, 15) is 29.7 Å². The van der Waals surface area contributed by atoms with Gasteiger partial charge in [0.2, 0.25) is 11.8 Å². The fourth-order valence-electron chi connectivity index (χ4n) is 3.66. The highest BCUT2D eigenvalue weighted by Gasteiger charge is 2.31. The third kappa shape index (κ3) is 7.69. The Bertz CT molecular complexity index is 1490. The van der Waals surface area contributed by atoms with Crippen LogP contribution in [0.25, 0.3) is 11.3 Å². The van der Waals surface area contributed by atoms with Crippen molar-refractivity contribution in [3.05, 3.63) is 36.2 Å². The average molecular weight is 567 g/mol. The molecule has 0 atom stereocenters. The Kier molecular flexibility index (Phi) is 8.67. The van der Waals surface area contributed by atoms with Crippen LogP contribution in [0.15, 0.2) is 30.5 Å². The molecule has 3 amide bonds. The summed E-state index contributed by atoms with van der Waals surface area (Å²) in [6.07, 6.45) is -0.778. The molecule has 0 saturated heterocycles. The number of nitrogens with one attached hydrogen (secondary N) is 4. The van der Waals surface area contributed by atoms with E-state index in [4.69, 9.17) is 10.00 Å². The number of aliphatic hydroxyl groups is 3. The van der Waals surface area contributed by atoms with Gasteiger partial charge in [-0.1, -0.05) is 6.07 Å². The van der Waals surface area contributed by atoms with Gasteiger partial charge in [0, 0.05) is 24.1 Å². The maximum atomic E-state index is 12.6. The van der Waals surface area contributed by atoms with Gasteiger partial charge in [-0.15, -0.1) is 10.2 Å². The van der Waals surface area contributed by atoms with Gasteiger partial charge in [0.05, 0.1) is 37.3 Å². The normalized spacial score (nSPS) is 12.7. The van der Waals surface area contributed by atoms with E-state index in [-0.39, 0.29) is 48.6 Å². The minimum atomic E-state index is -3.52. The van der Waals surface area contributed by atoms with Crippen LogP contribution in [0, 0.1) is 17.2 Å². The molecule has 3 aromatic rings. The van der Waals surface area contributed by atoms with Crippen molar-refractivity contribution < 1.29 is 34.4 Å². The lowest BCUT2D eigenvalue weighted by atomic mass is 10.1. The van der Waals surface area contributed by atoms with Crippen LogP contribution in [0.2, 0.25) is 0 Å². The SMILES string of the molecule is COc1c(Nc2cc(NC(=O)C3CC3)nnc2C(=O)NC(O)(O)O)cccc1-c1cnn(CCNC(=O)CC#N)n1. The number of nitrogens with zero attached hydrogens (tertiary/aromatic N) is 6. The van der Waals surface area contributed by atoms with E-state index in [0.717, 1.165) is 12.8 Å². The third-order valence-corrected chi connectivity index (χ3v) is 5.66. The van der Waals surface area contributed by atoms with Crippen LogP contribution in [-0.4, -0.2) is 78.0 Å². The molecule has 41 heavy (non-hydrogen) atoms. The molecule has 0 radical (unpaired) electrons. The smallest absolute Gasteiger partial charge is 0.369 e. The largest absolute Gasteiger partial charge is 0.494 e. The monoisotopic (exact) mass is 566 g/mol. The molecular formula is C24H26N10O7. The molecule has 2 aromatic heterocycles. The highest BCUT2D eigenvalue weighted by atomic mass is 16.7. The standard InChI is InChI=1S/C24H26N10O7/c1-41-21-14(17-12-27-34(33-17)10-9-26-19(35)7-8-25)3-2-4-15(21)28-16-11-18(29-22(36)13-5-6-13)31-32-20(16)23(37)30-24(38,39)40/h2-4,11-13,38-40H,5-7,9-10H2,1H3,(H,26,35)(H,30,37)(H2,28,29,31,36). The zero-order valence-corrected chi connectivity index (χ0v) is 21.7. The van der Waals surface area contributed by atoms with Crippen molar-refractivity contribution in [3.63, 3.8) is 0 Å². The van der Waals surface area contributed by atoms with E-state index < -0.39 is 23.6 Å². The van der Waals surface area contributed by atoms with Crippen LogP contribution in [0.5, 0.6) is 5.75 Å². The van der Waals surface area contributed by atoms with Gasteiger partial charge < -0.3 is 36.0 Å². The van der Waals surface area contributed by atoms with E-state index in [1.54, 1.807) is 29.6 Å². The molecule has 1 aliphatic rings. The Morgan fingerprint density at radius 1 is 1.20 bits per heavy atom. The summed E-state index contributed by atoms with van der Waals surface area (Å²) < 4.78 is 5.61. The summed E-state index contributed by atoms with van der Waals surface area (Å²) in [5, 5.41) is 62.1. The summed E-state index contributed by atoms with van der Waals surface area (Å²) in [5.41, 5.74) is 0.802. The van der Waals surface area contributed by atoms with Gasteiger partial charge in [-0.25, -0.2) is 0 Å². The maximum Gasteiger partial charge on any atom is 0.369 e. The van der Waals surface area contributed by atoms with Gasteiger partial charge in [-0.2, -0.15) is 20.3 Å². The molecule has 0 aliphatic heterocycles. The third-order valence-electron chi connectivity index (χ3n) is 5.66. The number of aromatic nitrogens is 5. The summed E-state index contributed by atoms with van der Waals surface area (Å²) in [6.45, 7) is 0.458. The van der Waals surface area contributed by atoms with Crippen molar-refractivity contribution in [2.24, 2.45) is 5.92 Å². The Balaban J connectivity index is 1.61. The van der Waals surface area contributed by atoms with Crippen molar-refractivity contribution >= 4 is 34.9 Å². The fraction of sp³-hybridized carbons (Fsp3) is 0.333. The van der Waals surface area contributed by atoms with E-state index >= 15 is 0 Å². The molecule has 1 saturated carbocycles. The van der Waals surface area contributed by atoms with Crippen molar-refractivity contribution in [1.82, 2.24) is 35.8 Å². The van der Waals surface area contributed by atoms with E-state index in [2.05, 4.69) is 36.3 Å². The Labute approximate surface area is 232 Å². The van der Waals surface area contributed by atoms with Gasteiger partial charge in [-0.3, -0.25) is 19.7 Å². The predicted molar refractivity (Wildman–Crippen MR) is 139 cm³/mol. The lowest BCUT2D eigenvalue weighted by molar-refractivity contribution is -0.323. The lowest BCUT2D eigenvalue weighted by Gasteiger charge is -2.18. The minimum absolute atomic E-state index is 0.0138. The highest BCUT2D eigenvalue weighted by molar-refractivity contribution is 6.00. The fourth-order valence-corrected chi connectivity index (χ4v) is 3.66. The number of methoxy groups -OCH3 is 1. The summed E-state index contributed by atoms with van der Waals surface area (Å²) >= 11 is 0. The summed E-state index contributed by atoms with van der Waals surface area (Å²) in [7, 11) is 1.41. The molecule has 7 N–H and O–H groups in total. The molecular weight excluding hydrogens is 540 g/mol. The number of nitriles is 1. The lowest BCUT2D eigenvalue weighted by Crippen LogP contribution is -2.48. The van der Waals surface area contributed by atoms with E-state index in [1.807, 2.05) is 0 Å². The zero-order valence-electron chi connectivity index (χ0n) is 21.7. The molecule has 2 heterocycles. The first-order valence-corrected chi connectivity index (χ1v) is 12.2. The average Bonchev–Trinajstić information content (AvgIpc) is 3.66. The Morgan fingerprint density at radius 3 is 2.66 bits per heavy atom. The van der Waals surface area contributed by atoms with Crippen LogP contribution in [0.1, 0.15) is 29.8 Å². The first-order chi connectivity index (χ1) is 19.6. The second-order valence-corrected chi connectivity index (χ2v) is 8.87. The second kappa shape index (κ2) is 12.3. The Morgan fingerprint density at radius 2 is 1.98 bits per heavy atom. The highest BCUT2D eigenvalue weighted by Crippen LogP contribution is 2.37. The number of para-hydroxylation sites is 1. The molecule has 1 aromatic carbocycles. The van der Waals surface area contributed by atoms with Crippen molar-refractivity contribution in [3.8, 4) is 23.1 Å². The van der Waals surface area contributed by atoms with Crippen molar-refractivity contribution in [2.45, 2.75) is 31.9 Å². The van der Waals surface area contributed by atoms with Gasteiger partial charge in [0.25, 0.3) is 5.91 Å². The van der Waals surface area contributed by atoms with Gasteiger partial charge in [-0.05, 0) is 25.0 Å². The Hall–Kier alpha value is -5.18. The summed E-state index contributed by atoms with van der Waals surface area (Å²) in [5.74, 6) is -1.66. The molecule has 214 valence electrons. The number of rotatable bonds is 12. The minimum Gasteiger partial charge on any atom is -0.494 e. The number of carbonyl (C=O) groups is 3. The number of carbonyl (C=O) groups excluding carboxylic acids is 3. The van der Waals surface area contributed by atoms with Crippen LogP contribution in [0.4, 0.5) is 17.2 Å². The van der Waals surface area contributed by atoms with Crippen LogP contribution in [-0.2, 0) is 16.1 Å². The number of amides is 3. The van der Waals surface area contributed by atoms with Gasteiger partial charge >= 0.3 is 6.10 Å². The second-order valence-electron chi connectivity index (χ2n) is 8.87. The quantitative estimate of drug-likeness (QED) is 0.133. The molecule has 1 fully saturated rings. The molecule has 0 unspecified atom stereocenters. The van der Waals surface area contributed by atoms with E-state index in [1.165, 1.54) is 24.2 Å². The zero-order chi connectivity index (χ0) is 29.6. The number of hydrogen-bond acceptors (Lipinski definition) is 13. The number of anilines is 3. The maximum absolute atomic E-state index is 12.6. The molecule has 0 spiro atoms. The first kappa shape index (κ1) is 28.8. The predicted octanol–water partition coefficient (Wildman–Crippen LogP) is -0.816. The van der Waals surface area contributed by atoms with Crippen molar-refractivity contribution in [1.29, 1.82) is 5.26 Å². The van der Waals surface area contributed by atoms with Crippen molar-refractivity contribution in [2.75, 3.05) is 24.3 Å². The van der Waals surface area contributed by atoms with Gasteiger partial charge in [0.1, 0.15) is 12.1 Å². The van der Waals surface area contributed by atoms with E-state index in [0.29, 0.717) is 16.9 Å². The molecule has 0 bridgehead atoms.